The molecule has 0 unspecified atom stereocenters. The highest BCUT2D eigenvalue weighted by Gasteiger charge is 2.22. The van der Waals surface area contributed by atoms with Crippen LogP contribution >= 0.6 is 11.3 Å². The molecule has 0 aliphatic carbocycles. The van der Waals surface area contributed by atoms with E-state index in [1.807, 2.05) is 47.7 Å². The maximum Gasteiger partial charge on any atom is 0.166 e. The summed E-state index contributed by atoms with van der Waals surface area (Å²) >= 11 is 1.85. The van der Waals surface area contributed by atoms with Gasteiger partial charge in [-0.2, -0.15) is 0 Å². The zero-order valence-corrected chi connectivity index (χ0v) is 31.4. The third-order valence-electron chi connectivity index (χ3n) is 11.2. The van der Waals surface area contributed by atoms with E-state index in [-0.39, 0.29) is 0 Å². The first-order valence-electron chi connectivity index (χ1n) is 19.1. The summed E-state index contributed by atoms with van der Waals surface area (Å²) in [7, 11) is 0. The van der Waals surface area contributed by atoms with Gasteiger partial charge in [-0.1, -0.05) is 133 Å². The van der Waals surface area contributed by atoms with E-state index >= 15 is 0 Å². The van der Waals surface area contributed by atoms with Crippen molar-refractivity contribution in [2.24, 2.45) is 0 Å². The van der Waals surface area contributed by atoms with E-state index < -0.39 is 0 Å². The Balaban J connectivity index is 1.19. The van der Waals surface area contributed by atoms with Crippen molar-refractivity contribution in [1.82, 2.24) is 24.1 Å². The summed E-state index contributed by atoms with van der Waals surface area (Å²) in [4.78, 5) is 15.7. The fourth-order valence-electron chi connectivity index (χ4n) is 8.61. The molecule has 0 atom stereocenters. The lowest BCUT2D eigenvalue weighted by Gasteiger charge is -2.17. The Morgan fingerprint density at radius 3 is 1.47 bits per heavy atom. The number of nitrogens with zero attached hydrogens (tertiary/aromatic N) is 5. The lowest BCUT2D eigenvalue weighted by atomic mass is 10.1. The van der Waals surface area contributed by atoms with Crippen molar-refractivity contribution in [1.29, 1.82) is 0 Å². The minimum atomic E-state index is 0.606. The van der Waals surface area contributed by atoms with E-state index in [9.17, 15) is 0 Å². The first-order chi connectivity index (χ1) is 28.3. The van der Waals surface area contributed by atoms with Gasteiger partial charge in [0.25, 0.3) is 0 Å². The maximum absolute atomic E-state index is 5.30. The minimum Gasteiger partial charge on any atom is -0.309 e. The molecule has 266 valence electrons. The monoisotopic (exact) mass is 745 g/mol. The minimum absolute atomic E-state index is 0.606. The molecule has 4 aromatic heterocycles. The molecule has 0 fully saturated rings. The molecule has 0 bridgehead atoms. The van der Waals surface area contributed by atoms with Gasteiger partial charge < -0.3 is 9.13 Å². The van der Waals surface area contributed by atoms with Gasteiger partial charge in [-0.3, -0.25) is 0 Å². The second-order valence-electron chi connectivity index (χ2n) is 14.4. The Morgan fingerprint density at radius 2 is 0.842 bits per heavy atom. The standard InChI is InChI=1S/C51H31N5S/c1-3-15-32(16-4-1)49-52-50(33-17-5-2-6-18-33)54-51(53-49)41-29-34(27-28-45(41)56-43-24-12-7-19-35(43)36-20-8-13-25-44(36)56)55-42-23-11-9-21-37(42)39-30-40-38-22-10-14-26-47(38)57-48(40)31-46(39)55/h1-31H. The Morgan fingerprint density at radius 1 is 0.333 bits per heavy atom. The van der Waals surface area contributed by atoms with Crippen LogP contribution in [0.4, 0.5) is 0 Å². The van der Waals surface area contributed by atoms with Crippen LogP contribution in [0, 0.1) is 0 Å². The molecule has 5 nitrogen and oxygen atoms in total. The van der Waals surface area contributed by atoms with Crippen molar-refractivity contribution in [3.8, 4) is 45.5 Å². The first kappa shape index (κ1) is 31.9. The van der Waals surface area contributed by atoms with Crippen LogP contribution in [0.1, 0.15) is 0 Å². The maximum atomic E-state index is 5.30. The SMILES string of the molecule is c1ccc(-c2nc(-c3ccccc3)nc(-c3cc(-n4c5ccccc5c5cc6c(cc54)sc4ccccc46)ccc3-n3c4ccccc4c4ccccc43)n2)cc1. The van der Waals surface area contributed by atoms with E-state index in [0.717, 1.165) is 50.1 Å². The highest BCUT2D eigenvalue weighted by atomic mass is 32.1. The zero-order chi connectivity index (χ0) is 37.5. The van der Waals surface area contributed by atoms with Gasteiger partial charge in [-0.25, -0.2) is 15.0 Å². The molecule has 0 saturated carbocycles. The van der Waals surface area contributed by atoms with Gasteiger partial charge in [0.05, 0.1) is 27.8 Å². The van der Waals surface area contributed by atoms with Crippen LogP contribution in [-0.2, 0) is 0 Å². The molecule has 4 heterocycles. The first-order valence-corrected chi connectivity index (χ1v) is 19.9. The van der Waals surface area contributed by atoms with E-state index in [1.54, 1.807) is 0 Å². The van der Waals surface area contributed by atoms with Gasteiger partial charge in [-0.15, -0.1) is 11.3 Å². The molecule has 57 heavy (non-hydrogen) atoms. The predicted molar refractivity (Wildman–Crippen MR) is 238 cm³/mol. The van der Waals surface area contributed by atoms with Gasteiger partial charge >= 0.3 is 0 Å². The van der Waals surface area contributed by atoms with Crippen molar-refractivity contribution in [2.45, 2.75) is 0 Å². The quantitative estimate of drug-likeness (QED) is 0.176. The number of aromatic nitrogens is 5. The molecule has 6 heteroatoms. The number of rotatable bonds is 5. The molecule has 12 aromatic rings. The summed E-state index contributed by atoms with van der Waals surface area (Å²) in [5.41, 5.74) is 9.36. The van der Waals surface area contributed by atoms with Gasteiger partial charge in [0.1, 0.15) is 0 Å². The second kappa shape index (κ2) is 12.6. The van der Waals surface area contributed by atoms with Crippen LogP contribution in [0.25, 0.3) is 109 Å². The highest BCUT2D eigenvalue weighted by Crippen LogP contribution is 2.42. The smallest absolute Gasteiger partial charge is 0.166 e. The summed E-state index contributed by atoms with van der Waals surface area (Å²) in [5, 5.41) is 7.43. The van der Waals surface area contributed by atoms with Crippen LogP contribution in [0.5, 0.6) is 0 Å². The summed E-state index contributed by atoms with van der Waals surface area (Å²) in [6.07, 6.45) is 0. The average molecular weight is 746 g/mol. The number of hydrogen-bond donors (Lipinski definition) is 0. The van der Waals surface area contributed by atoms with Crippen LogP contribution in [0.3, 0.4) is 0 Å². The Bertz CT molecular complexity index is 3410. The fourth-order valence-corrected chi connectivity index (χ4v) is 9.73. The van der Waals surface area contributed by atoms with Crippen LogP contribution < -0.4 is 0 Å². The normalized spacial score (nSPS) is 11.9. The lowest BCUT2D eigenvalue weighted by Crippen LogP contribution is -2.05. The number of thiophene rings is 1. The van der Waals surface area contributed by atoms with Crippen molar-refractivity contribution < 1.29 is 0 Å². The number of hydrogen-bond acceptors (Lipinski definition) is 4. The summed E-state index contributed by atoms with van der Waals surface area (Å²) in [6.45, 7) is 0. The topological polar surface area (TPSA) is 48.5 Å². The summed E-state index contributed by atoms with van der Waals surface area (Å²) < 4.78 is 7.34. The summed E-state index contributed by atoms with van der Waals surface area (Å²) in [5.74, 6) is 1.86. The molecule has 0 saturated heterocycles. The van der Waals surface area contributed by atoms with Crippen molar-refractivity contribution in [3.63, 3.8) is 0 Å². The number of benzene rings is 8. The molecule has 8 aromatic carbocycles. The van der Waals surface area contributed by atoms with E-state index in [2.05, 4.69) is 161 Å². The third kappa shape index (κ3) is 4.98. The van der Waals surface area contributed by atoms with Crippen LogP contribution in [0.15, 0.2) is 188 Å². The molecule has 0 spiro atoms. The Labute approximate surface area is 331 Å². The van der Waals surface area contributed by atoms with E-state index in [4.69, 9.17) is 15.0 Å². The van der Waals surface area contributed by atoms with Gasteiger partial charge in [-0.05, 0) is 54.6 Å². The molecule has 12 rings (SSSR count). The molecule has 0 radical (unpaired) electrons. The van der Waals surface area contributed by atoms with Crippen molar-refractivity contribution in [3.05, 3.63) is 188 Å². The van der Waals surface area contributed by atoms with Gasteiger partial charge in [0, 0.05) is 64.1 Å². The molecule has 0 aliphatic rings. The Kier molecular flexibility index (Phi) is 7.03. The molecule has 0 aliphatic heterocycles. The van der Waals surface area contributed by atoms with Gasteiger partial charge in [0.15, 0.2) is 17.5 Å². The number of fused-ring (bicyclic) bond motifs is 9. The highest BCUT2D eigenvalue weighted by molar-refractivity contribution is 7.25. The Hall–Kier alpha value is -7.41. The predicted octanol–water partition coefficient (Wildman–Crippen LogP) is 13.4. The summed E-state index contributed by atoms with van der Waals surface area (Å²) in [6, 6.07) is 66.7. The van der Waals surface area contributed by atoms with Crippen molar-refractivity contribution >= 4 is 75.1 Å². The molecular formula is C51H31N5S. The molecule has 0 N–H and O–H groups in total. The third-order valence-corrected chi connectivity index (χ3v) is 12.3. The van der Waals surface area contributed by atoms with E-state index in [1.165, 1.54) is 41.7 Å². The lowest BCUT2D eigenvalue weighted by molar-refractivity contribution is 1.06. The second-order valence-corrected chi connectivity index (χ2v) is 15.5. The van der Waals surface area contributed by atoms with Crippen LogP contribution in [0.2, 0.25) is 0 Å². The fraction of sp³-hybridized carbons (Fsp3) is 0. The largest absolute Gasteiger partial charge is 0.309 e. The van der Waals surface area contributed by atoms with E-state index in [0.29, 0.717) is 17.5 Å². The van der Waals surface area contributed by atoms with Crippen LogP contribution in [-0.4, -0.2) is 24.1 Å². The molecular weight excluding hydrogens is 715 g/mol. The van der Waals surface area contributed by atoms with Gasteiger partial charge in [0.2, 0.25) is 0 Å². The van der Waals surface area contributed by atoms with Crippen molar-refractivity contribution in [2.75, 3.05) is 0 Å². The average Bonchev–Trinajstić information content (AvgIpc) is 3.93. The number of para-hydroxylation sites is 3. The molecule has 0 amide bonds. The zero-order valence-electron chi connectivity index (χ0n) is 30.5.